The average molecular weight is 681 g/mol. The first-order chi connectivity index (χ1) is 21.3. The summed E-state index contributed by atoms with van der Waals surface area (Å²) in [6.07, 6.45) is -1.94. The molecule has 18 heteroatoms. The van der Waals surface area contributed by atoms with Gasteiger partial charge in [0.05, 0.1) is 50.2 Å². The van der Waals surface area contributed by atoms with Crippen LogP contribution in [-0.2, 0) is 33.6 Å². The van der Waals surface area contributed by atoms with E-state index in [0.717, 1.165) is 17.9 Å². The lowest BCUT2D eigenvalue weighted by molar-refractivity contribution is -0.144. The molecule has 4 atom stereocenters. The molecular formula is C28H31FN4O11P2. The van der Waals surface area contributed by atoms with Crippen LogP contribution in [0.5, 0.6) is 0 Å². The highest BCUT2D eigenvalue weighted by Gasteiger charge is 2.87. The minimum Gasteiger partial charge on any atom is -0.442 e. The highest BCUT2D eigenvalue weighted by Crippen LogP contribution is 2.80. The number of hydrogen-bond donors (Lipinski definition) is 4. The Hall–Kier alpha value is -3.54. The number of hydrogen-bond acceptors (Lipinski definition) is 9. The van der Waals surface area contributed by atoms with Gasteiger partial charge in [0.2, 0.25) is 11.8 Å². The van der Waals surface area contributed by atoms with Crippen LogP contribution in [0.25, 0.3) is 11.1 Å². The number of nitrogens with zero attached hydrogens (tertiary/aromatic N) is 4. The third kappa shape index (κ3) is 5.26. The van der Waals surface area contributed by atoms with Crippen LogP contribution in [0.4, 0.5) is 14.9 Å². The van der Waals surface area contributed by atoms with Crippen LogP contribution >= 0.6 is 15.2 Å². The molecule has 1 aliphatic carbocycles. The van der Waals surface area contributed by atoms with E-state index in [9.17, 15) is 48.3 Å². The number of aromatic nitrogens is 1. The van der Waals surface area contributed by atoms with Gasteiger partial charge in [0, 0.05) is 35.1 Å². The Morgan fingerprint density at radius 1 is 1.15 bits per heavy atom. The Morgan fingerprint density at radius 2 is 1.78 bits per heavy atom. The van der Waals surface area contributed by atoms with Gasteiger partial charge in [-0.3, -0.25) is 33.5 Å². The number of benzene rings is 1. The van der Waals surface area contributed by atoms with E-state index in [-0.39, 0.29) is 28.6 Å². The number of amides is 3. The number of rotatable bonds is 9. The lowest BCUT2D eigenvalue weighted by atomic mass is 9.90. The summed E-state index contributed by atoms with van der Waals surface area (Å²) in [7, 11) is -10.9. The van der Waals surface area contributed by atoms with Crippen molar-refractivity contribution in [2.75, 3.05) is 31.2 Å². The van der Waals surface area contributed by atoms with Crippen LogP contribution in [0.1, 0.15) is 32.9 Å². The van der Waals surface area contributed by atoms with Crippen molar-refractivity contribution in [3.63, 3.8) is 0 Å². The van der Waals surface area contributed by atoms with Crippen molar-refractivity contribution in [1.82, 2.24) is 9.88 Å². The number of ether oxygens (including phenoxy) is 2. The molecule has 2 saturated heterocycles. The first-order valence-corrected chi connectivity index (χ1v) is 17.3. The van der Waals surface area contributed by atoms with E-state index < -0.39 is 68.8 Å². The van der Waals surface area contributed by atoms with Crippen LogP contribution in [0.15, 0.2) is 36.5 Å². The summed E-state index contributed by atoms with van der Waals surface area (Å²) in [5.74, 6) is -2.92. The van der Waals surface area contributed by atoms with Crippen molar-refractivity contribution >= 4 is 38.8 Å². The predicted octanol–water partition coefficient (Wildman–Crippen LogP) is 2.48. The molecule has 0 bridgehead atoms. The molecule has 3 fully saturated rings. The molecule has 0 radical (unpaired) electrons. The highest BCUT2D eigenvalue weighted by molar-refractivity contribution is 7.70. The minimum absolute atomic E-state index is 0.0946. The number of cyclic esters (lactones) is 1. The molecule has 15 nitrogen and oxygen atoms in total. The monoisotopic (exact) mass is 680 g/mol. The van der Waals surface area contributed by atoms with Crippen LogP contribution in [0, 0.1) is 28.0 Å². The molecule has 1 aromatic carbocycles. The second-order valence-corrected chi connectivity index (χ2v) is 16.1. The molecule has 3 amide bonds. The fourth-order valence-electron chi connectivity index (χ4n) is 6.75. The van der Waals surface area contributed by atoms with E-state index in [1.54, 1.807) is 12.1 Å². The molecule has 1 saturated carbocycles. The lowest BCUT2D eigenvalue weighted by Crippen LogP contribution is -2.43. The summed E-state index contributed by atoms with van der Waals surface area (Å²) in [5.41, 5.74) is -0.324. The molecule has 4 N–H and O–H groups in total. The molecular weight excluding hydrogens is 649 g/mol. The summed E-state index contributed by atoms with van der Waals surface area (Å²) in [5, 5.41) is 7.45. The zero-order valence-corrected chi connectivity index (χ0v) is 26.7. The summed E-state index contributed by atoms with van der Waals surface area (Å²) in [6.45, 7) is 4.97. The number of halogens is 1. The molecule has 0 spiro atoms. The fraction of sp³-hybridized carbons (Fsp3) is 0.464. The maximum atomic E-state index is 15.4. The largest absolute Gasteiger partial charge is 0.442 e. The normalized spacial score (nSPS) is 27.3. The molecule has 1 aromatic heterocycles. The van der Waals surface area contributed by atoms with Crippen molar-refractivity contribution in [3.8, 4) is 17.2 Å². The Morgan fingerprint density at radius 3 is 2.28 bits per heavy atom. The Kier molecular flexibility index (Phi) is 8.31. The third-order valence-corrected chi connectivity index (χ3v) is 13.3. The molecule has 3 heterocycles. The van der Waals surface area contributed by atoms with E-state index in [0.29, 0.717) is 29.4 Å². The van der Waals surface area contributed by atoms with Gasteiger partial charge < -0.3 is 29.0 Å². The molecule has 1 unspecified atom stereocenters. The Labute approximate surface area is 262 Å². The van der Waals surface area contributed by atoms with Gasteiger partial charge >= 0.3 is 21.3 Å². The third-order valence-electron chi connectivity index (χ3n) is 9.56. The summed E-state index contributed by atoms with van der Waals surface area (Å²) >= 11 is 0. The van der Waals surface area contributed by atoms with E-state index in [1.165, 1.54) is 18.3 Å². The molecule has 3 aliphatic rings. The highest BCUT2D eigenvalue weighted by atomic mass is 31.2. The van der Waals surface area contributed by atoms with Gasteiger partial charge in [-0.1, -0.05) is 19.9 Å². The van der Waals surface area contributed by atoms with Crippen molar-refractivity contribution in [3.05, 3.63) is 48.0 Å². The van der Waals surface area contributed by atoms with Crippen molar-refractivity contribution in [1.29, 1.82) is 5.26 Å². The quantitative estimate of drug-likeness (QED) is 0.280. The predicted molar refractivity (Wildman–Crippen MR) is 156 cm³/mol. The van der Waals surface area contributed by atoms with E-state index in [2.05, 4.69) is 11.1 Å². The number of imide groups is 1. The number of anilines is 1. The zero-order valence-electron chi connectivity index (χ0n) is 24.9. The van der Waals surface area contributed by atoms with E-state index >= 15 is 4.39 Å². The van der Waals surface area contributed by atoms with Gasteiger partial charge in [-0.05, 0) is 24.3 Å². The second kappa shape index (κ2) is 11.3. The minimum atomic E-state index is -5.44. The van der Waals surface area contributed by atoms with Gasteiger partial charge in [-0.15, -0.1) is 0 Å². The average Bonchev–Trinajstić information content (AvgIpc) is 3.24. The Bertz CT molecular complexity index is 1720. The van der Waals surface area contributed by atoms with E-state index in [4.69, 9.17) is 9.47 Å². The Balaban J connectivity index is 1.29. The van der Waals surface area contributed by atoms with Crippen molar-refractivity contribution < 1.29 is 57.0 Å². The van der Waals surface area contributed by atoms with Crippen molar-refractivity contribution in [2.24, 2.45) is 10.8 Å². The van der Waals surface area contributed by atoms with Crippen LogP contribution in [0.3, 0.4) is 0 Å². The second-order valence-electron chi connectivity index (χ2n) is 12.1. The topological polar surface area (TPSA) is 228 Å². The number of carbonyl (C=O) groups is 3. The van der Waals surface area contributed by atoms with Crippen LogP contribution < -0.4 is 4.90 Å². The van der Waals surface area contributed by atoms with Crippen molar-refractivity contribution in [2.45, 2.75) is 44.1 Å². The fourth-order valence-corrected chi connectivity index (χ4v) is 9.10. The number of pyridine rings is 1. The van der Waals surface area contributed by atoms with Gasteiger partial charge in [0.1, 0.15) is 17.3 Å². The molecule has 2 aromatic rings. The molecule has 46 heavy (non-hydrogen) atoms. The van der Waals surface area contributed by atoms with Gasteiger partial charge in [0.15, 0.2) is 5.40 Å². The number of fused-ring (bicyclic) bond motifs is 1. The molecule has 5 rings (SSSR count). The summed E-state index contributed by atoms with van der Waals surface area (Å²) in [6, 6.07) is 9.79. The maximum absolute atomic E-state index is 15.4. The molecule has 246 valence electrons. The van der Waals surface area contributed by atoms with Crippen LogP contribution in [-0.4, -0.2) is 85.2 Å². The lowest BCUT2D eigenvalue weighted by Gasteiger charge is -2.25. The van der Waals surface area contributed by atoms with Crippen LogP contribution in [0.2, 0.25) is 0 Å². The SMILES string of the molecule is CC(=O)N(C[C@H]1CN(c2ccc(-c3ccc(C4(C#N)[C@]5(C)COC[C@]45C)nc3)c(F)c2)C(=O)O1)C(=O)CC(P(=O)(O)O)P(=O)(O)O. The number of carbonyl (C=O) groups excluding carboxylic acids is 3. The van der Waals surface area contributed by atoms with Gasteiger partial charge in [0.25, 0.3) is 0 Å². The molecule has 2 aliphatic heterocycles. The zero-order chi connectivity index (χ0) is 34.0. The van der Waals surface area contributed by atoms with E-state index in [1.807, 2.05) is 13.8 Å². The first kappa shape index (κ1) is 33.8. The van der Waals surface area contributed by atoms with Gasteiger partial charge in [-0.25, -0.2) is 9.18 Å². The number of nitriles is 1. The maximum Gasteiger partial charge on any atom is 0.414 e. The smallest absolute Gasteiger partial charge is 0.414 e. The first-order valence-electron chi connectivity index (χ1n) is 14.0. The van der Waals surface area contributed by atoms with Gasteiger partial charge in [-0.2, -0.15) is 5.26 Å². The standard InChI is InChI=1S/C28H31FN4O11P2/c1-16(34)32(23(35)9-24(45(37,38)39)46(40,41)42)11-19-12-33(25(36)44-19)18-5-6-20(21(29)8-18)17-4-7-22(31-10-17)28(13-30)26(2)14-43-15-27(26,28)3/h4-8,10,19,24H,9,11-12,14-15H2,1-3H3,(H2,37,38,39)(H2,40,41,42)/t19-,26-,27+,28?/m0/s1. The summed E-state index contributed by atoms with van der Waals surface area (Å²) in [4.78, 5) is 80.8. The summed E-state index contributed by atoms with van der Waals surface area (Å²) < 4.78 is 49.4.